The van der Waals surface area contributed by atoms with E-state index in [1.807, 2.05) is 6.07 Å². The van der Waals surface area contributed by atoms with Crippen molar-refractivity contribution < 1.29 is 0 Å². The monoisotopic (exact) mass is 250 g/mol. The van der Waals surface area contributed by atoms with Crippen LogP contribution in [0.5, 0.6) is 0 Å². The molecule has 0 radical (unpaired) electrons. The van der Waals surface area contributed by atoms with Gasteiger partial charge < -0.3 is 5.32 Å². The number of halogens is 1. The third-order valence-corrected chi connectivity index (χ3v) is 3.51. The van der Waals surface area contributed by atoms with Gasteiger partial charge in [-0.05, 0) is 23.6 Å². The Bertz CT molecular complexity index is 557. The Morgan fingerprint density at radius 2 is 2.18 bits per heavy atom. The molecule has 0 aromatic carbocycles. The second-order valence-electron chi connectivity index (χ2n) is 4.86. The Morgan fingerprint density at radius 1 is 1.41 bits per heavy atom. The first kappa shape index (κ1) is 11.0. The van der Waals surface area contributed by atoms with Gasteiger partial charge in [-0.3, -0.25) is 0 Å². The lowest BCUT2D eigenvalue weighted by Gasteiger charge is -2.23. The lowest BCUT2D eigenvalue weighted by Crippen LogP contribution is -2.40. The van der Waals surface area contributed by atoms with Crippen LogP contribution >= 0.6 is 11.6 Å². The van der Waals surface area contributed by atoms with Gasteiger partial charge in [-0.15, -0.1) is 5.10 Å². The van der Waals surface area contributed by atoms with Gasteiger partial charge in [0.1, 0.15) is 5.15 Å². The zero-order chi connectivity index (χ0) is 12.0. The second-order valence-corrected chi connectivity index (χ2v) is 5.25. The summed E-state index contributed by atoms with van der Waals surface area (Å²) < 4.78 is 1.72. The molecule has 4 nitrogen and oxygen atoms in total. The summed E-state index contributed by atoms with van der Waals surface area (Å²) in [5.41, 5.74) is 2.05. The summed E-state index contributed by atoms with van der Waals surface area (Å²) in [4.78, 5) is 4.57. The van der Waals surface area contributed by atoms with E-state index < -0.39 is 0 Å². The molecule has 1 saturated heterocycles. The van der Waals surface area contributed by atoms with Gasteiger partial charge in [-0.2, -0.15) is 0 Å². The molecule has 0 spiro atoms. The van der Waals surface area contributed by atoms with Crippen LogP contribution in [0.4, 0.5) is 0 Å². The van der Waals surface area contributed by atoms with Crippen LogP contribution in [0, 0.1) is 0 Å². The van der Waals surface area contributed by atoms with Gasteiger partial charge in [0.05, 0.1) is 0 Å². The third-order valence-electron chi connectivity index (χ3n) is 3.25. The van der Waals surface area contributed by atoms with E-state index in [1.165, 1.54) is 5.56 Å². The molecule has 2 aromatic heterocycles. The summed E-state index contributed by atoms with van der Waals surface area (Å²) in [6.45, 7) is 6.22. The maximum absolute atomic E-state index is 6.23. The van der Waals surface area contributed by atoms with Crippen molar-refractivity contribution in [2.24, 2.45) is 0 Å². The van der Waals surface area contributed by atoms with Crippen molar-refractivity contribution in [1.29, 1.82) is 0 Å². The molecule has 3 heterocycles. The highest BCUT2D eigenvalue weighted by molar-refractivity contribution is 6.29. The van der Waals surface area contributed by atoms with Crippen molar-refractivity contribution in [2.45, 2.75) is 25.7 Å². The predicted octanol–water partition coefficient (Wildman–Crippen LogP) is 2.19. The summed E-state index contributed by atoms with van der Waals surface area (Å²) in [5, 5.41) is 8.33. The van der Waals surface area contributed by atoms with Crippen molar-refractivity contribution in [3.8, 4) is 0 Å². The van der Waals surface area contributed by atoms with Gasteiger partial charge in [-0.25, -0.2) is 9.50 Å². The molecule has 0 bridgehead atoms. The normalized spacial score (nSPS) is 16.7. The molecule has 1 aliphatic rings. The van der Waals surface area contributed by atoms with Crippen molar-refractivity contribution >= 4 is 17.2 Å². The molecule has 0 saturated carbocycles. The molecular formula is C12H15ClN4. The fourth-order valence-corrected chi connectivity index (χ4v) is 2.21. The lowest BCUT2D eigenvalue weighted by atomic mass is 10.0. The largest absolute Gasteiger partial charge is 0.315 e. The van der Waals surface area contributed by atoms with E-state index >= 15 is 0 Å². The maximum atomic E-state index is 6.23. The zero-order valence-electron chi connectivity index (χ0n) is 9.94. The SMILES string of the molecule is CC(C)c1cc(Cl)n2nc(C3CNC3)nc2c1. The van der Waals surface area contributed by atoms with Crippen LogP contribution in [0.1, 0.15) is 37.1 Å². The van der Waals surface area contributed by atoms with Crippen LogP contribution in [-0.2, 0) is 0 Å². The minimum Gasteiger partial charge on any atom is -0.315 e. The number of nitrogens with one attached hydrogen (secondary N) is 1. The highest BCUT2D eigenvalue weighted by atomic mass is 35.5. The smallest absolute Gasteiger partial charge is 0.157 e. The van der Waals surface area contributed by atoms with E-state index in [1.54, 1.807) is 4.52 Å². The van der Waals surface area contributed by atoms with Crippen molar-refractivity contribution in [1.82, 2.24) is 19.9 Å². The summed E-state index contributed by atoms with van der Waals surface area (Å²) in [6.07, 6.45) is 0. The summed E-state index contributed by atoms with van der Waals surface area (Å²) in [7, 11) is 0. The molecule has 5 heteroatoms. The Kier molecular flexibility index (Phi) is 2.56. The number of rotatable bonds is 2. The van der Waals surface area contributed by atoms with E-state index in [2.05, 4.69) is 35.3 Å². The van der Waals surface area contributed by atoms with Crippen LogP contribution in [0.15, 0.2) is 12.1 Å². The molecule has 90 valence electrons. The Morgan fingerprint density at radius 3 is 2.76 bits per heavy atom. The number of fused-ring (bicyclic) bond motifs is 1. The van der Waals surface area contributed by atoms with Crippen LogP contribution in [0.25, 0.3) is 5.65 Å². The molecule has 17 heavy (non-hydrogen) atoms. The van der Waals surface area contributed by atoms with Gasteiger partial charge >= 0.3 is 0 Å². The van der Waals surface area contributed by atoms with E-state index in [4.69, 9.17) is 11.6 Å². The molecule has 0 unspecified atom stereocenters. The average molecular weight is 251 g/mol. The Balaban J connectivity index is 2.10. The van der Waals surface area contributed by atoms with Gasteiger partial charge in [0, 0.05) is 19.0 Å². The molecule has 2 aromatic rings. The minimum absolute atomic E-state index is 0.438. The van der Waals surface area contributed by atoms with Crippen LogP contribution < -0.4 is 5.32 Å². The first-order chi connectivity index (χ1) is 8.15. The fraction of sp³-hybridized carbons (Fsp3) is 0.500. The van der Waals surface area contributed by atoms with E-state index in [9.17, 15) is 0 Å². The number of aromatic nitrogens is 3. The van der Waals surface area contributed by atoms with Crippen molar-refractivity contribution in [3.05, 3.63) is 28.7 Å². The molecule has 1 N–H and O–H groups in total. The van der Waals surface area contributed by atoms with Crippen LogP contribution in [-0.4, -0.2) is 27.7 Å². The van der Waals surface area contributed by atoms with Gasteiger partial charge in [-0.1, -0.05) is 25.4 Å². The first-order valence-electron chi connectivity index (χ1n) is 5.92. The average Bonchev–Trinajstić information content (AvgIpc) is 2.58. The number of pyridine rings is 1. The van der Waals surface area contributed by atoms with Gasteiger partial charge in [0.15, 0.2) is 11.5 Å². The minimum atomic E-state index is 0.438. The van der Waals surface area contributed by atoms with Crippen LogP contribution in [0.2, 0.25) is 5.15 Å². The van der Waals surface area contributed by atoms with Crippen LogP contribution in [0.3, 0.4) is 0 Å². The fourth-order valence-electron chi connectivity index (χ4n) is 1.96. The standard InChI is InChI=1S/C12H15ClN4/c1-7(2)8-3-10(13)17-11(4-8)15-12(16-17)9-5-14-6-9/h3-4,7,9,14H,5-6H2,1-2H3. The first-order valence-corrected chi connectivity index (χ1v) is 6.30. The van der Waals surface area contributed by atoms with E-state index in [0.717, 1.165) is 24.6 Å². The predicted molar refractivity (Wildman–Crippen MR) is 67.7 cm³/mol. The zero-order valence-corrected chi connectivity index (χ0v) is 10.7. The molecule has 0 amide bonds. The highest BCUT2D eigenvalue weighted by Gasteiger charge is 2.23. The summed E-state index contributed by atoms with van der Waals surface area (Å²) in [6, 6.07) is 4.04. The molecule has 1 fully saturated rings. The summed E-state index contributed by atoms with van der Waals surface area (Å²) >= 11 is 6.23. The molecular weight excluding hydrogens is 236 g/mol. The quantitative estimate of drug-likeness (QED) is 0.831. The maximum Gasteiger partial charge on any atom is 0.157 e. The second kappa shape index (κ2) is 3.96. The van der Waals surface area contributed by atoms with Crippen molar-refractivity contribution in [2.75, 3.05) is 13.1 Å². The van der Waals surface area contributed by atoms with Gasteiger partial charge in [0.25, 0.3) is 0 Å². The lowest BCUT2D eigenvalue weighted by molar-refractivity contribution is 0.430. The number of nitrogens with zero attached hydrogens (tertiary/aromatic N) is 3. The van der Waals surface area contributed by atoms with Crippen molar-refractivity contribution in [3.63, 3.8) is 0 Å². The summed E-state index contributed by atoms with van der Waals surface area (Å²) in [5.74, 6) is 1.78. The van der Waals surface area contributed by atoms with E-state index in [-0.39, 0.29) is 0 Å². The van der Waals surface area contributed by atoms with E-state index in [0.29, 0.717) is 17.0 Å². The topological polar surface area (TPSA) is 42.2 Å². The Hall–Kier alpha value is -1.13. The molecule has 1 aliphatic heterocycles. The van der Waals surface area contributed by atoms with Gasteiger partial charge in [0.2, 0.25) is 0 Å². The number of hydrogen-bond acceptors (Lipinski definition) is 3. The molecule has 0 atom stereocenters. The number of hydrogen-bond donors (Lipinski definition) is 1. The molecule has 3 rings (SSSR count). The molecule has 0 aliphatic carbocycles. The highest BCUT2D eigenvalue weighted by Crippen LogP contribution is 2.23. The third kappa shape index (κ3) is 1.81. The Labute approximate surface area is 105 Å².